The number of carbonyl (C=O) groups is 3. The standard InChI is InChI=1S/C48H68O15/c1-26(2)12-16-35(51)27(3)63-48(56)38(23-34-32-15-14-30-22-31(50)18-20-46(30,5)33(32)19-21-47(34,48)6)60-45-43(59-28(4)49)41(37(53)25-58-45)62-44-42(40(55)36(52)24-57-44)61-39(54)17-13-29-10-8-7-9-11-29/h7-11,13-14,17,26-27,31-34,36-38,40-45,50,52-53,55-56H,12,15-16,18-25H2,1-6H3/t27-,31+,32-,33+,34+,36-,37+,38+,40+,41+,42-,43-,44+,45+,46+,47+,48+/m1/s1. The number of hydrogen-bond donors (Lipinski definition) is 5. The van der Waals surface area contributed by atoms with E-state index >= 15 is 0 Å². The number of carbonyl (C=O) groups excluding carboxylic acids is 3. The molecule has 6 aliphatic rings. The molecule has 0 bridgehead atoms. The van der Waals surface area contributed by atoms with Gasteiger partial charge in [-0.2, -0.15) is 0 Å². The molecule has 1 aromatic carbocycles. The van der Waals surface area contributed by atoms with Gasteiger partial charge < -0.3 is 58.7 Å². The Kier molecular flexibility index (Phi) is 14.7. The van der Waals surface area contributed by atoms with Gasteiger partial charge in [-0.15, -0.1) is 0 Å². The highest BCUT2D eigenvalue weighted by molar-refractivity contribution is 5.87. The molecule has 0 radical (unpaired) electrons. The van der Waals surface area contributed by atoms with E-state index in [0.29, 0.717) is 31.2 Å². The minimum Gasteiger partial charge on any atom is -0.454 e. The summed E-state index contributed by atoms with van der Waals surface area (Å²) in [6.45, 7) is 10.4. The molecule has 4 aliphatic carbocycles. The summed E-state index contributed by atoms with van der Waals surface area (Å²) < 4.78 is 42.8. The van der Waals surface area contributed by atoms with Crippen molar-refractivity contribution < 1.29 is 73.1 Å². The fraction of sp³-hybridized carbons (Fsp3) is 0.729. The maximum atomic E-state index is 13.6. The molecule has 0 spiro atoms. The fourth-order valence-electron chi connectivity index (χ4n) is 11.5. The number of fused-ring (bicyclic) bond motifs is 5. The van der Waals surface area contributed by atoms with Gasteiger partial charge in [-0.25, -0.2) is 4.79 Å². The molecule has 5 N–H and O–H groups in total. The van der Waals surface area contributed by atoms with E-state index in [1.807, 2.05) is 26.8 Å². The van der Waals surface area contributed by atoms with Crippen molar-refractivity contribution in [3.8, 4) is 0 Å². The van der Waals surface area contributed by atoms with Crippen LogP contribution in [0.4, 0.5) is 0 Å². The fourth-order valence-corrected chi connectivity index (χ4v) is 11.5. The van der Waals surface area contributed by atoms with Crippen molar-refractivity contribution in [1.29, 1.82) is 0 Å². The first-order chi connectivity index (χ1) is 29.8. The molecule has 15 heteroatoms. The zero-order valence-electron chi connectivity index (χ0n) is 37.4. The van der Waals surface area contributed by atoms with Crippen LogP contribution in [-0.4, -0.2) is 130 Å². The maximum absolute atomic E-state index is 13.6. The van der Waals surface area contributed by atoms with Crippen LogP contribution in [0.1, 0.15) is 105 Å². The molecule has 0 unspecified atom stereocenters. The lowest BCUT2D eigenvalue weighted by Crippen LogP contribution is -2.63. The van der Waals surface area contributed by atoms with Crippen LogP contribution >= 0.6 is 0 Å². The maximum Gasteiger partial charge on any atom is 0.331 e. The van der Waals surface area contributed by atoms with Gasteiger partial charge in [-0.1, -0.05) is 69.7 Å². The van der Waals surface area contributed by atoms with Crippen LogP contribution < -0.4 is 0 Å². The second-order valence-corrected chi connectivity index (χ2v) is 19.7. The van der Waals surface area contributed by atoms with Crippen LogP contribution in [0.25, 0.3) is 6.08 Å². The lowest BCUT2D eigenvalue weighted by molar-refractivity contribution is -0.368. The van der Waals surface area contributed by atoms with Crippen molar-refractivity contribution in [2.24, 2.45) is 34.5 Å². The Hall–Kier alpha value is -3.09. The summed E-state index contributed by atoms with van der Waals surface area (Å²) in [7, 11) is 0. The minimum atomic E-state index is -2.01. The number of esters is 2. The smallest absolute Gasteiger partial charge is 0.331 e. The van der Waals surface area contributed by atoms with Gasteiger partial charge >= 0.3 is 11.9 Å². The Labute approximate surface area is 370 Å². The zero-order valence-corrected chi connectivity index (χ0v) is 37.4. The second-order valence-electron chi connectivity index (χ2n) is 19.7. The molecule has 2 heterocycles. The summed E-state index contributed by atoms with van der Waals surface area (Å²) >= 11 is 0. The highest BCUT2D eigenvalue weighted by atomic mass is 16.8. The van der Waals surface area contributed by atoms with E-state index in [1.165, 1.54) is 18.6 Å². The SMILES string of the molecule is CC(=O)O[C@H]1[C@H](O[C@H]2C[C@H]3[C@@H]4CC=C5C[C@@H](O)CC[C@]5(C)[C@H]4CC[C@]3(C)[C@@]2(O)O[C@H](C)C(=O)CCC(C)C)OC[C@H](O)[C@@H]1O[C@@H]1OC[C@@H](O)[C@H](O)[C@H]1OC(=O)C=Cc1ccccc1. The number of Topliss-reactive ketones (excluding diaryl/α,β-unsaturated/α-hetero) is 1. The van der Waals surface area contributed by atoms with E-state index in [4.69, 9.17) is 33.2 Å². The highest BCUT2D eigenvalue weighted by Gasteiger charge is 2.70. The van der Waals surface area contributed by atoms with Gasteiger partial charge in [0.25, 0.3) is 0 Å². The first-order valence-electron chi connectivity index (χ1n) is 22.8. The second kappa shape index (κ2) is 19.4. The average Bonchev–Trinajstić information content (AvgIpc) is 3.46. The molecule has 63 heavy (non-hydrogen) atoms. The Morgan fingerprint density at radius 3 is 2.27 bits per heavy atom. The molecule has 0 amide bonds. The van der Waals surface area contributed by atoms with Crippen LogP contribution in [0.5, 0.6) is 0 Å². The number of aliphatic hydroxyl groups is 5. The molecule has 2 saturated heterocycles. The number of aliphatic hydroxyl groups excluding tert-OH is 4. The first-order valence-corrected chi connectivity index (χ1v) is 22.8. The molecule has 5 fully saturated rings. The number of rotatable bonds is 14. The third kappa shape index (κ3) is 9.75. The third-order valence-corrected chi connectivity index (χ3v) is 15.2. The largest absolute Gasteiger partial charge is 0.454 e. The van der Waals surface area contributed by atoms with Crippen LogP contribution in [0, 0.1) is 34.5 Å². The minimum absolute atomic E-state index is 0.107. The number of benzene rings is 1. The molecule has 3 saturated carbocycles. The van der Waals surface area contributed by atoms with E-state index < -0.39 is 91.2 Å². The summed E-state index contributed by atoms with van der Waals surface area (Å²) in [5.74, 6) is -3.23. The van der Waals surface area contributed by atoms with Crippen molar-refractivity contribution >= 4 is 23.8 Å². The van der Waals surface area contributed by atoms with Crippen LogP contribution in [0.3, 0.4) is 0 Å². The van der Waals surface area contributed by atoms with E-state index in [-0.39, 0.29) is 54.0 Å². The Morgan fingerprint density at radius 2 is 1.57 bits per heavy atom. The summed E-state index contributed by atoms with van der Waals surface area (Å²) in [6.07, 6.45) is -3.94. The van der Waals surface area contributed by atoms with E-state index in [9.17, 15) is 39.9 Å². The van der Waals surface area contributed by atoms with Crippen LogP contribution in [-0.2, 0) is 47.5 Å². The lowest BCUT2D eigenvalue weighted by atomic mass is 9.47. The van der Waals surface area contributed by atoms with Gasteiger partial charge in [0.1, 0.15) is 36.6 Å². The Morgan fingerprint density at radius 1 is 0.873 bits per heavy atom. The molecule has 15 nitrogen and oxygen atoms in total. The topological polar surface area (TPSA) is 217 Å². The molecule has 17 atom stereocenters. The Bertz CT molecular complexity index is 1840. The predicted molar refractivity (Wildman–Crippen MR) is 226 cm³/mol. The molecule has 350 valence electrons. The summed E-state index contributed by atoms with van der Waals surface area (Å²) in [6, 6.07) is 8.98. The van der Waals surface area contributed by atoms with Crippen LogP contribution in [0.15, 0.2) is 48.1 Å². The Balaban J connectivity index is 1.16. The van der Waals surface area contributed by atoms with E-state index in [2.05, 4.69) is 13.0 Å². The van der Waals surface area contributed by atoms with Gasteiger partial charge in [0.2, 0.25) is 0 Å². The van der Waals surface area contributed by atoms with E-state index in [1.54, 1.807) is 31.2 Å². The predicted octanol–water partition coefficient (Wildman–Crippen LogP) is 4.14. The van der Waals surface area contributed by atoms with Gasteiger partial charge in [0.15, 0.2) is 36.4 Å². The number of ether oxygens (including phenoxy) is 7. The lowest BCUT2D eigenvalue weighted by Gasteiger charge is -2.58. The van der Waals surface area contributed by atoms with E-state index in [0.717, 1.165) is 31.8 Å². The number of allylic oxidation sites excluding steroid dienone is 1. The highest BCUT2D eigenvalue weighted by Crippen LogP contribution is 2.68. The van der Waals surface area contributed by atoms with Crippen molar-refractivity contribution in [2.75, 3.05) is 13.2 Å². The van der Waals surface area contributed by atoms with Crippen molar-refractivity contribution in [3.05, 3.63) is 53.6 Å². The van der Waals surface area contributed by atoms with Gasteiger partial charge in [0.05, 0.1) is 19.3 Å². The molecule has 1 aromatic rings. The summed E-state index contributed by atoms with van der Waals surface area (Å²) in [4.78, 5) is 39.4. The number of ketones is 1. The molecule has 7 rings (SSSR count). The van der Waals surface area contributed by atoms with Gasteiger partial charge in [-0.05, 0) is 99.0 Å². The molecule has 0 aromatic heterocycles. The van der Waals surface area contributed by atoms with Gasteiger partial charge in [0, 0.05) is 24.8 Å². The first kappa shape index (κ1) is 47.9. The third-order valence-electron chi connectivity index (χ3n) is 15.2. The molecule has 2 aliphatic heterocycles. The quantitative estimate of drug-likeness (QED) is 0.0768. The van der Waals surface area contributed by atoms with Crippen molar-refractivity contribution in [3.63, 3.8) is 0 Å². The zero-order chi connectivity index (χ0) is 45.4. The van der Waals surface area contributed by atoms with Crippen LogP contribution in [0.2, 0.25) is 0 Å². The summed E-state index contributed by atoms with van der Waals surface area (Å²) in [5.41, 5.74) is 1.01. The number of hydrogen-bond acceptors (Lipinski definition) is 15. The van der Waals surface area contributed by atoms with Gasteiger partial charge in [-0.3, -0.25) is 9.59 Å². The van der Waals surface area contributed by atoms with Crippen molar-refractivity contribution in [1.82, 2.24) is 0 Å². The molecular weight excluding hydrogens is 817 g/mol. The summed E-state index contributed by atoms with van der Waals surface area (Å²) in [5, 5.41) is 56.7. The average molecular weight is 885 g/mol. The molecular formula is C48H68O15. The monoisotopic (exact) mass is 884 g/mol. The van der Waals surface area contributed by atoms with Crippen molar-refractivity contribution in [2.45, 2.75) is 173 Å². The normalized spacial score (nSPS) is 41.8.